The summed E-state index contributed by atoms with van der Waals surface area (Å²) in [4.78, 5) is 12.6. The Labute approximate surface area is 147 Å². The Morgan fingerprint density at radius 1 is 1.12 bits per heavy atom. The van der Waals surface area contributed by atoms with Crippen LogP contribution in [-0.4, -0.2) is 56.5 Å². The van der Waals surface area contributed by atoms with Gasteiger partial charge in [0.15, 0.2) is 4.90 Å². The molecule has 0 aromatic heterocycles. The van der Waals surface area contributed by atoms with Crippen LogP contribution in [0.25, 0.3) is 0 Å². The molecule has 0 spiro atoms. The third kappa shape index (κ3) is 4.35. The van der Waals surface area contributed by atoms with E-state index in [1.807, 2.05) is 0 Å². The fourth-order valence-corrected chi connectivity index (χ4v) is 5.20. The number of benzene rings is 1. The lowest BCUT2D eigenvalue weighted by molar-refractivity contribution is -0.387. The molecule has 0 unspecified atom stereocenters. The van der Waals surface area contributed by atoms with Crippen molar-refractivity contribution in [2.75, 3.05) is 26.2 Å². The zero-order chi connectivity index (χ0) is 17.9. The summed E-state index contributed by atoms with van der Waals surface area (Å²) < 4.78 is 27.8. The van der Waals surface area contributed by atoms with E-state index in [-0.39, 0.29) is 16.6 Å². The number of nitrogens with one attached hydrogen (secondary N) is 2. The van der Waals surface area contributed by atoms with Gasteiger partial charge in [0.05, 0.1) is 4.92 Å². The van der Waals surface area contributed by atoms with Gasteiger partial charge >= 0.3 is 0 Å². The topological polar surface area (TPSA) is 105 Å². The minimum atomic E-state index is -3.89. The summed E-state index contributed by atoms with van der Waals surface area (Å²) in [6, 6.07) is 5.82. The number of nitrogens with zero attached hydrogens (tertiary/aromatic N) is 2. The molecule has 0 bridgehead atoms. The molecule has 2 N–H and O–H groups in total. The maximum atomic E-state index is 12.6. The predicted molar refractivity (Wildman–Crippen MR) is 93.9 cm³/mol. The largest absolute Gasteiger partial charge is 0.314 e. The van der Waals surface area contributed by atoms with Crippen LogP contribution in [0.1, 0.15) is 25.7 Å². The van der Waals surface area contributed by atoms with Crippen molar-refractivity contribution in [1.29, 1.82) is 0 Å². The fraction of sp³-hybridized carbons (Fsp3) is 0.625. The van der Waals surface area contributed by atoms with Crippen molar-refractivity contribution in [1.82, 2.24) is 14.9 Å². The van der Waals surface area contributed by atoms with Crippen molar-refractivity contribution in [3.05, 3.63) is 34.4 Å². The maximum Gasteiger partial charge on any atom is 0.289 e. The van der Waals surface area contributed by atoms with Crippen molar-refractivity contribution in [2.24, 2.45) is 0 Å². The number of nitro benzene ring substituents is 1. The highest BCUT2D eigenvalue weighted by molar-refractivity contribution is 7.89. The average molecular weight is 368 g/mol. The van der Waals surface area contributed by atoms with Gasteiger partial charge in [0, 0.05) is 44.3 Å². The number of para-hydroxylation sites is 1. The second kappa shape index (κ2) is 7.77. The van der Waals surface area contributed by atoms with Gasteiger partial charge in [0.2, 0.25) is 10.0 Å². The highest BCUT2D eigenvalue weighted by Gasteiger charge is 2.31. The molecule has 1 saturated carbocycles. The van der Waals surface area contributed by atoms with Crippen molar-refractivity contribution in [2.45, 2.75) is 42.7 Å². The number of rotatable bonds is 5. The van der Waals surface area contributed by atoms with Crippen LogP contribution >= 0.6 is 0 Å². The van der Waals surface area contributed by atoms with Crippen LogP contribution < -0.4 is 10.0 Å². The molecule has 25 heavy (non-hydrogen) atoms. The van der Waals surface area contributed by atoms with Gasteiger partial charge in [-0.2, -0.15) is 0 Å². The lowest BCUT2D eigenvalue weighted by atomic mass is 9.90. The molecule has 1 aromatic carbocycles. The number of piperazine rings is 1. The van der Waals surface area contributed by atoms with E-state index in [0.717, 1.165) is 51.9 Å². The summed E-state index contributed by atoms with van der Waals surface area (Å²) in [7, 11) is -3.89. The Hall–Kier alpha value is -1.55. The molecular formula is C16H24N4O4S. The minimum Gasteiger partial charge on any atom is -0.314 e. The van der Waals surface area contributed by atoms with Crippen LogP contribution in [0.4, 0.5) is 5.69 Å². The lowest BCUT2D eigenvalue weighted by Crippen LogP contribution is -2.50. The van der Waals surface area contributed by atoms with Crippen LogP contribution in [0, 0.1) is 10.1 Å². The van der Waals surface area contributed by atoms with Crippen LogP contribution in [0.5, 0.6) is 0 Å². The molecule has 1 heterocycles. The molecule has 9 heteroatoms. The molecule has 1 saturated heterocycles. The maximum absolute atomic E-state index is 12.6. The molecule has 8 nitrogen and oxygen atoms in total. The van der Waals surface area contributed by atoms with Crippen LogP contribution in [-0.2, 0) is 10.0 Å². The molecule has 138 valence electrons. The Kier molecular flexibility index (Phi) is 5.67. The van der Waals surface area contributed by atoms with Gasteiger partial charge in [-0.05, 0) is 31.7 Å². The Morgan fingerprint density at radius 3 is 2.40 bits per heavy atom. The first-order chi connectivity index (χ1) is 12.0. The van der Waals surface area contributed by atoms with Crippen molar-refractivity contribution < 1.29 is 13.3 Å². The molecule has 2 aliphatic rings. The molecule has 1 aliphatic carbocycles. The summed E-state index contributed by atoms with van der Waals surface area (Å²) in [5.41, 5.74) is -0.385. The van der Waals surface area contributed by atoms with Gasteiger partial charge in [-0.3, -0.25) is 15.0 Å². The molecule has 1 aromatic rings. The van der Waals surface area contributed by atoms with E-state index < -0.39 is 14.9 Å². The van der Waals surface area contributed by atoms with Gasteiger partial charge in [-0.1, -0.05) is 12.1 Å². The zero-order valence-electron chi connectivity index (χ0n) is 14.1. The quantitative estimate of drug-likeness (QED) is 0.595. The first-order valence-electron chi connectivity index (χ1n) is 8.68. The Bertz CT molecular complexity index is 711. The molecular weight excluding hydrogens is 344 g/mol. The third-order valence-electron chi connectivity index (χ3n) is 5.04. The number of nitro groups is 1. The van der Waals surface area contributed by atoms with Crippen molar-refractivity contribution in [3.8, 4) is 0 Å². The molecule has 2 fully saturated rings. The molecule has 0 radical (unpaired) electrons. The van der Waals surface area contributed by atoms with E-state index in [1.165, 1.54) is 24.3 Å². The molecule has 1 aliphatic heterocycles. The van der Waals surface area contributed by atoms with E-state index in [2.05, 4.69) is 14.9 Å². The lowest BCUT2D eigenvalue weighted by Gasteiger charge is -2.39. The van der Waals surface area contributed by atoms with E-state index in [1.54, 1.807) is 0 Å². The van der Waals surface area contributed by atoms with E-state index in [0.29, 0.717) is 6.04 Å². The summed E-state index contributed by atoms with van der Waals surface area (Å²) >= 11 is 0. The first-order valence-corrected chi connectivity index (χ1v) is 10.2. The van der Waals surface area contributed by atoms with E-state index in [4.69, 9.17) is 0 Å². The highest BCUT2D eigenvalue weighted by atomic mass is 32.2. The minimum absolute atomic E-state index is 0.163. The summed E-state index contributed by atoms with van der Waals surface area (Å²) in [5, 5.41) is 14.4. The summed E-state index contributed by atoms with van der Waals surface area (Å²) in [5.74, 6) is 0. The van der Waals surface area contributed by atoms with Gasteiger partial charge in [-0.15, -0.1) is 0 Å². The van der Waals surface area contributed by atoms with Crippen molar-refractivity contribution in [3.63, 3.8) is 0 Å². The van der Waals surface area contributed by atoms with Gasteiger partial charge < -0.3 is 5.32 Å². The van der Waals surface area contributed by atoms with Crippen LogP contribution in [0.15, 0.2) is 29.2 Å². The fourth-order valence-electron chi connectivity index (χ4n) is 3.72. The first kappa shape index (κ1) is 18.2. The monoisotopic (exact) mass is 368 g/mol. The second-order valence-corrected chi connectivity index (χ2v) is 8.32. The average Bonchev–Trinajstić information content (AvgIpc) is 2.63. The predicted octanol–water partition coefficient (Wildman–Crippen LogP) is 1.09. The smallest absolute Gasteiger partial charge is 0.289 e. The van der Waals surface area contributed by atoms with Gasteiger partial charge in [0.1, 0.15) is 0 Å². The van der Waals surface area contributed by atoms with Gasteiger partial charge in [-0.25, -0.2) is 13.1 Å². The summed E-state index contributed by atoms with van der Waals surface area (Å²) in [6.45, 7) is 4.09. The van der Waals surface area contributed by atoms with Crippen molar-refractivity contribution >= 4 is 15.7 Å². The molecule has 0 amide bonds. The molecule has 0 atom stereocenters. The van der Waals surface area contributed by atoms with Crippen LogP contribution in [0.3, 0.4) is 0 Å². The standard InChI is InChI=1S/C16H24N4O4S/c21-20(22)15-3-1-2-4-16(15)25(23,24)18-13-5-7-14(8-6-13)19-11-9-17-10-12-19/h1-4,13-14,17-18H,5-12H2. The SMILES string of the molecule is O=[N+]([O-])c1ccccc1S(=O)(=O)NC1CCC(N2CCNCC2)CC1. The van der Waals surface area contributed by atoms with E-state index >= 15 is 0 Å². The highest BCUT2D eigenvalue weighted by Crippen LogP contribution is 2.27. The van der Waals surface area contributed by atoms with Crippen LogP contribution in [0.2, 0.25) is 0 Å². The number of sulfonamides is 1. The Morgan fingerprint density at radius 2 is 1.76 bits per heavy atom. The number of hydrogen-bond acceptors (Lipinski definition) is 6. The second-order valence-electron chi connectivity index (χ2n) is 6.64. The zero-order valence-corrected chi connectivity index (χ0v) is 14.9. The normalized spacial score (nSPS) is 25.6. The summed E-state index contributed by atoms with van der Waals surface area (Å²) in [6.07, 6.45) is 3.41. The van der Waals surface area contributed by atoms with Gasteiger partial charge in [0.25, 0.3) is 5.69 Å². The number of hydrogen-bond donors (Lipinski definition) is 2. The third-order valence-corrected chi connectivity index (χ3v) is 6.61. The Balaban J connectivity index is 1.62. The van der Waals surface area contributed by atoms with E-state index in [9.17, 15) is 18.5 Å². The molecule has 3 rings (SSSR count).